The molecule has 0 aliphatic carbocycles. The lowest BCUT2D eigenvalue weighted by Crippen LogP contribution is -2.38. The summed E-state index contributed by atoms with van der Waals surface area (Å²) in [6, 6.07) is 26.6. The molecule has 0 atom stereocenters. The Hall–Kier alpha value is -3.07. The predicted molar refractivity (Wildman–Crippen MR) is 107 cm³/mol. The van der Waals surface area contributed by atoms with E-state index in [0.29, 0.717) is 6.54 Å². The Morgan fingerprint density at radius 1 is 0.852 bits per heavy atom. The maximum absolute atomic E-state index is 12.7. The van der Waals surface area contributed by atoms with Crippen molar-refractivity contribution in [2.24, 2.45) is 0 Å². The van der Waals surface area contributed by atoms with Crippen molar-refractivity contribution >= 4 is 5.91 Å². The van der Waals surface area contributed by atoms with Gasteiger partial charge in [0.25, 0.3) is 5.91 Å². The molecule has 0 aromatic heterocycles. The predicted octanol–water partition coefficient (Wildman–Crippen LogP) is 4.24. The van der Waals surface area contributed by atoms with Gasteiger partial charge in [0.1, 0.15) is 5.75 Å². The Morgan fingerprint density at radius 3 is 2.41 bits per heavy atom. The van der Waals surface area contributed by atoms with Gasteiger partial charge < -0.3 is 9.64 Å². The zero-order chi connectivity index (χ0) is 18.5. The summed E-state index contributed by atoms with van der Waals surface area (Å²) in [6.07, 6.45) is 1.70. The molecule has 3 aromatic carbocycles. The van der Waals surface area contributed by atoms with Gasteiger partial charge in [-0.3, -0.25) is 4.79 Å². The summed E-state index contributed by atoms with van der Waals surface area (Å²) >= 11 is 0. The highest BCUT2D eigenvalue weighted by Gasteiger charge is 2.20. The second-order valence-corrected chi connectivity index (χ2v) is 6.89. The lowest BCUT2D eigenvalue weighted by molar-refractivity contribution is -0.134. The maximum Gasteiger partial charge on any atom is 0.260 e. The molecule has 3 nitrogen and oxygen atoms in total. The van der Waals surface area contributed by atoms with Gasteiger partial charge in [-0.25, -0.2) is 0 Å². The van der Waals surface area contributed by atoms with Crippen molar-refractivity contribution in [1.29, 1.82) is 0 Å². The standard InChI is InChI=1S/C24H23NO2/c26-24(25-15-14-20-10-4-5-12-22(20)17-25)18-27-23-13-7-6-11-21(23)16-19-8-2-1-3-9-19/h1-13H,14-18H2. The van der Waals surface area contributed by atoms with Crippen molar-refractivity contribution in [2.45, 2.75) is 19.4 Å². The van der Waals surface area contributed by atoms with E-state index in [1.54, 1.807) is 0 Å². The number of fused-ring (bicyclic) bond motifs is 1. The van der Waals surface area contributed by atoms with Crippen LogP contribution in [0, 0.1) is 0 Å². The van der Waals surface area contributed by atoms with Gasteiger partial charge in [0.05, 0.1) is 0 Å². The first-order valence-electron chi connectivity index (χ1n) is 9.39. The molecule has 0 N–H and O–H groups in total. The van der Waals surface area contributed by atoms with Crippen molar-refractivity contribution in [3.63, 3.8) is 0 Å². The molecular formula is C24H23NO2. The third-order valence-corrected chi connectivity index (χ3v) is 5.04. The van der Waals surface area contributed by atoms with Crippen molar-refractivity contribution < 1.29 is 9.53 Å². The fourth-order valence-corrected chi connectivity index (χ4v) is 3.55. The summed E-state index contributed by atoms with van der Waals surface area (Å²) in [5.41, 5.74) is 4.91. The number of carbonyl (C=O) groups is 1. The number of benzene rings is 3. The molecule has 0 saturated heterocycles. The lowest BCUT2D eigenvalue weighted by atomic mass is 10.00. The Labute approximate surface area is 160 Å². The van der Waals surface area contributed by atoms with Gasteiger partial charge in [0, 0.05) is 19.5 Å². The summed E-state index contributed by atoms with van der Waals surface area (Å²) in [5.74, 6) is 0.825. The molecule has 3 aromatic rings. The monoisotopic (exact) mass is 357 g/mol. The maximum atomic E-state index is 12.7. The van der Waals surface area contributed by atoms with E-state index < -0.39 is 0 Å². The van der Waals surface area contributed by atoms with Crippen LogP contribution in [0.5, 0.6) is 5.75 Å². The summed E-state index contributed by atoms with van der Waals surface area (Å²) in [7, 11) is 0. The molecular weight excluding hydrogens is 334 g/mol. The van der Waals surface area contributed by atoms with Crippen molar-refractivity contribution in [1.82, 2.24) is 4.90 Å². The number of hydrogen-bond donors (Lipinski definition) is 0. The summed E-state index contributed by atoms with van der Waals surface area (Å²) < 4.78 is 5.92. The number of rotatable bonds is 5. The third-order valence-electron chi connectivity index (χ3n) is 5.04. The van der Waals surface area contributed by atoms with E-state index in [9.17, 15) is 4.79 Å². The molecule has 1 heterocycles. The van der Waals surface area contributed by atoms with E-state index >= 15 is 0 Å². The Balaban J connectivity index is 1.40. The largest absolute Gasteiger partial charge is 0.483 e. The fourth-order valence-electron chi connectivity index (χ4n) is 3.55. The molecule has 1 amide bonds. The first kappa shape index (κ1) is 17.3. The molecule has 0 fully saturated rings. The van der Waals surface area contributed by atoms with E-state index in [1.807, 2.05) is 47.4 Å². The Kier molecular flexibility index (Phi) is 5.20. The number of para-hydroxylation sites is 1. The van der Waals surface area contributed by atoms with Gasteiger partial charge in [-0.2, -0.15) is 0 Å². The molecule has 0 radical (unpaired) electrons. The normalized spacial score (nSPS) is 13.1. The molecule has 4 rings (SSSR count). The Bertz CT molecular complexity index is 920. The van der Waals surface area contributed by atoms with E-state index in [4.69, 9.17) is 4.74 Å². The summed E-state index contributed by atoms with van der Waals surface area (Å²) in [5, 5.41) is 0. The molecule has 136 valence electrons. The Morgan fingerprint density at radius 2 is 1.56 bits per heavy atom. The number of carbonyl (C=O) groups excluding carboxylic acids is 1. The second-order valence-electron chi connectivity index (χ2n) is 6.89. The van der Waals surface area contributed by atoms with E-state index in [1.165, 1.54) is 16.7 Å². The van der Waals surface area contributed by atoms with Crippen LogP contribution in [0.3, 0.4) is 0 Å². The minimum Gasteiger partial charge on any atom is -0.483 e. The van der Waals surface area contributed by atoms with Crippen LogP contribution in [0.1, 0.15) is 22.3 Å². The van der Waals surface area contributed by atoms with Gasteiger partial charge in [-0.05, 0) is 34.7 Å². The smallest absolute Gasteiger partial charge is 0.260 e. The zero-order valence-electron chi connectivity index (χ0n) is 15.3. The average molecular weight is 357 g/mol. The minimum absolute atomic E-state index is 0.0408. The van der Waals surface area contributed by atoms with Crippen LogP contribution in [0.4, 0.5) is 0 Å². The van der Waals surface area contributed by atoms with E-state index in [0.717, 1.165) is 30.7 Å². The van der Waals surface area contributed by atoms with E-state index in [-0.39, 0.29) is 12.5 Å². The SMILES string of the molecule is O=C(COc1ccccc1Cc1ccccc1)N1CCc2ccccc2C1. The fraction of sp³-hybridized carbons (Fsp3) is 0.208. The summed E-state index contributed by atoms with van der Waals surface area (Å²) in [6.45, 7) is 1.50. The highest BCUT2D eigenvalue weighted by atomic mass is 16.5. The second kappa shape index (κ2) is 8.09. The minimum atomic E-state index is 0.0408. The van der Waals surface area contributed by atoms with Gasteiger partial charge in [0.15, 0.2) is 6.61 Å². The zero-order valence-corrected chi connectivity index (χ0v) is 15.3. The van der Waals surface area contributed by atoms with Gasteiger partial charge in [-0.15, -0.1) is 0 Å². The van der Waals surface area contributed by atoms with Crippen LogP contribution in [-0.2, 0) is 24.2 Å². The molecule has 1 aliphatic rings. The molecule has 27 heavy (non-hydrogen) atoms. The molecule has 0 spiro atoms. The highest BCUT2D eigenvalue weighted by molar-refractivity contribution is 5.78. The molecule has 1 aliphatic heterocycles. The quantitative estimate of drug-likeness (QED) is 0.683. The topological polar surface area (TPSA) is 29.5 Å². The van der Waals surface area contributed by atoms with Crippen LogP contribution in [0.15, 0.2) is 78.9 Å². The van der Waals surface area contributed by atoms with Gasteiger partial charge >= 0.3 is 0 Å². The molecule has 0 saturated carbocycles. The lowest BCUT2D eigenvalue weighted by Gasteiger charge is -2.29. The van der Waals surface area contributed by atoms with Crippen molar-refractivity contribution in [3.05, 3.63) is 101 Å². The third kappa shape index (κ3) is 4.20. The highest BCUT2D eigenvalue weighted by Crippen LogP contribution is 2.22. The first-order valence-corrected chi connectivity index (χ1v) is 9.39. The number of amides is 1. The average Bonchev–Trinajstić information content (AvgIpc) is 2.73. The number of ether oxygens (including phenoxy) is 1. The van der Waals surface area contributed by atoms with Crippen molar-refractivity contribution in [3.8, 4) is 5.75 Å². The van der Waals surface area contributed by atoms with E-state index in [2.05, 4.69) is 36.4 Å². The van der Waals surface area contributed by atoms with Crippen LogP contribution >= 0.6 is 0 Å². The molecule has 3 heteroatoms. The van der Waals surface area contributed by atoms with Gasteiger partial charge in [0.2, 0.25) is 0 Å². The van der Waals surface area contributed by atoms with Crippen LogP contribution < -0.4 is 4.74 Å². The van der Waals surface area contributed by atoms with Crippen LogP contribution in [-0.4, -0.2) is 24.0 Å². The summed E-state index contributed by atoms with van der Waals surface area (Å²) in [4.78, 5) is 14.5. The molecule has 0 unspecified atom stereocenters. The first-order chi connectivity index (χ1) is 13.3. The van der Waals surface area contributed by atoms with Crippen LogP contribution in [0.25, 0.3) is 0 Å². The van der Waals surface area contributed by atoms with Gasteiger partial charge in [-0.1, -0.05) is 72.8 Å². The van der Waals surface area contributed by atoms with Crippen LogP contribution in [0.2, 0.25) is 0 Å². The van der Waals surface area contributed by atoms with Crippen molar-refractivity contribution in [2.75, 3.05) is 13.2 Å². The molecule has 0 bridgehead atoms. The number of hydrogen-bond acceptors (Lipinski definition) is 2. The number of nitrogens with zero attached hydrogens (tertiary/aromatic N) is 1.